The molecular formula is C12H16O5. The first-order valence-electron chi connectivity index (χ1n) is 5.17. The highest BCUT2D eigenvalue weighted by Gasteiger charge is 2.32. The molecule has 0 aliphatic carbocycles. The van der Waals surface area contributed by atoms with Crippen molar-refractivity contribution in [2.24, 2.45) is 5.92 Å². The van der Waals surface area contributed by atoms with Crippen molar-refractivity contribution in [3.63, 3.8) is 0 Å². The lowest BCUT2D eigenvalue weighted by atomic mass is 10.0. The number of carbonyl (C=O) groups is 3. The van der Waals surface area contributed by atoms with Gasteiger partial charge in [0, 0.05) is 0 Å². The molecule has 5 nitrogen and oxygen atoms in total. The minimum Gasteiger partial charge on any atom is -0.461 e. The Balaban J connectivity index is 4.47. The molecule has 0 N–H and O–H groups in total. The maximum atomic E-state index is 11.5. The molecule has 0 aromatic heterocycles. The number of ether oxygens (including phenoxy) is 2. The molecule has 0 aromatic carbocycles. The number of carbonyl (C=O) groups excluding carboxylic acids is 3. The predicted molar refractivity (Wildman–Crippen MR) is 61.1 cm³/mol. The van der Waals surface area contributed by atoms with E-state index in [-0.39, 0.29) is 19.6 Å². The first kappa shape index (κ1) is 15.1. The lowest BCUT2D eigenvalue weighted by molar-refractivity contribution is -0.161. The van der Waals surface area contributed by atoms with E-state index in [0.29, 0.717) is 0 Å². The van der Waals surface area contributed by atoms with Crippen LogP contribution in [0.5, 0.6) is 0 Å². The van der Waals surface area contributed by atoms with Crippen LogP contribution in [0.15, 0.2) is 25.3 Å². The van der Waals surface area contributed by atoms with E-state index in [1.54, 1.807) is 6.92 Å². The van der Waals surface area contributed by atoms with Gasteiger partial charge in [-0.05, 0) is 6.42 Å². The van der Waals surface area contributed by atoms with Gasteiger partial charge >= 0.3 is 11.9 Å². The number of hydrogen-bond donors (Lipinski definition) is 0. The fraction of sp³-hybridized carbons (Fsp3) is 0.417. The Hall–Kier alpha value is -1.91. The molecule has 0 spiro atoms. The normalized spacial score (nSPS) is 11.1. The smallest absolute Gasteiger partial charge is 0.375 e. The quantitative estimate of drug-likeness (QED) is 0.274. The van der Waals surface area contributed by atoms with Crippen LogP contribution in [0.3, 0.4) is 0 Å². The number of ketones is 1. The van der Waals surface area contributed by atoms with Crippen LogP contribution in [0.4, 0.5) is 0 Å². The summed E-state index contributed by atoms with van der Waals surface area (Å²) in [5, 5.41) is 0. The van der Waals surface area contributed by atoms with Crippen molar-refractivity contribution in [3.05, 3.63) is 25.3 Å². The Kier molecular flexibility index (Phi) is 7.34. The van der Waals surface area contributed by atoms with Gasteiger partial charge in [0.2, 0.25) is 0 Å². The lowest BCUT2D eigenvalue weighted by Gasteiger charge is -2.11. The third-order valence-electron chi connectivity index (χ3n) is 1.89. The summed E-state index contributed by atoms with van der Waals surface area (Å²) >= 11 is 0. The Morgan fingerprint density at radius 3 is 2.12 bits per heavy atom. The molecule has 94 valence electrons. The maximum absolute atomic E-state index is 11.5. The number of rotatable bonds is 8. The molecule has 0 aliphatic heterocycles. The number of esters is 2. The highest BCUT2D eigenvalue weighted by atomic mass is 16.5. The van der Waals surface area contributed by atoms with E-state index in [2.05, 4.69) is 17.9 Å². The van der Waals surface area contributed by atoms with E-state index >= 15 is 0 Å². The van der Waals surface area contributed by atoms with Crippen LogP contribution in [0.2, 0.25) is 0 Å². The Morgan fingerprint density at radius 2 is 1.65 bits per heavy atom. The molecule has 0 aromatic rings. The minimum absolute atomic E-state index is 0.00428. The van der Waals surface area contributed by atoms with Gasteiger partial charge < -0.3 is 9.47 Å². The van der Waals surface area contributed by atoms with E-state index in [1.165, 1.54) is 12.2 Å². The summed E-state index contributed by atoms with van der Waals surface area (Å²) in [6, 6.07) is 0. The van der Waals surface area contributed by atoms with Crippen molar-refractivity contribution in [1.29, 1.82) is 0 Å². The monoisotopic (exact) mass is 240 g/mol. The van der Waals surface area contributed by atoms with Gasteiger partial charge in [0.1, 0.15) is 19.1 Å². The molecule has 0 radical (unpaired) electrons. The predicted octanol–water partition coefficient (Wildman–Crippen LogP) is 1.04. The molecule has 0 aliphatic rings. The largest absolute Gasteiger partial charge is 0.461 e. The van der Waals surface area contributed by atoms with Crippen molar-refractivity contribution in [3.8, 4) is 0 Å². The van der Waals surface area contributed by atoms with E-state index in [9.17, 15) is 14.4 Å². The minimum atomic E-state index is -1.12. The van der Waals surface area contributed by atoms with E-state index in [4.69, 9.17) is 4.74 Å². The lowest BCUT2D eigenvalue weighted by Crippen LogP contribution is -2.32. The molecule has 0 rings (SSSR count). The van der Waals surface area contributed by atoms with Crippen LogP contribution in [0.1, 0.15) is 13.3 Å². The molecule has 0 saturated heterocycles. The zero-order valence-corrected chi connectivity index (χ0v) is 9.81. The molecular weight excluding hydrogens is 224 g/mol. The van der Waals surface area contributed by atoms with Gasteiger partial charge in [-0.2, -0.15) is 0 Å². The number of Topliss-reactive ketones (excluding diaryl/α,β-unsaturated/α-hetero) is 1. The van der Waals surface area contributed by atoms with Gasteiger partial charge in [0.15, 0.2) is 0 Å². The van der Waals surface area contributed by atoms with Crippen LogP contribution in [-0.4, -0.2) is 30.9 Å². The maximum Gasteiger partial charge on any atom is 0.375 e. The Bertz CT molecular complexity index is 319. The summed E-state index contributed by atoms with van der Waals surface area (Å²) in [4.78, 5) is 34.2. The second kappa shape index (κ2) is 8.27. The second-order valence-electron chi connectivity index (χ2n) is 3.13. The van der Waals surface area contributed by atoms with Gasteiger partial charge in [-0.1, -0.05) is 32.2 Å². The highest BCUT2D eigenvalue weighted by molar-refractivity contribution is 6.37. The van der Waals surface area contributed by atoms with Gasteiger partial charge in [0.25, 0.3) is 5.78 Å². The average molecular weight is 240 g/mol. The van der Waals surface area contributed by atoms with E-state index in [0.717, 1.165) is 0 Å². The summed E-state index contributed by atoms with van der Waals surface area (Å²) in [5.41, 5.74) is 0. The molecule has 0 amide bonds. The van der Waals surface area contributed by atoms with Gasteiger partial charge in [-0.15, -0.1) is 0 Å². The van der Waals surface area contributed by atoms with Gasteiger partial charge in [-0.25, -0.2) is 4.79 Å². The van der Waals surface area contributed by atoms with Gasteiger partial charge in [-0.3, -0.25) is 9.59 Å². The summed E-state index contributed by atoms with van der Waals surface area (Å²) in [6.45, 7) is 8.26. The van der Waals surface area contributed by atoms with Crippen LogP contribution in [-0.2, 0) is 23.9 Å². The molecule has 5 heteroatoms. The SMILES string of the molecule is C=CCOC(=O)C(=O)C(CC)C(=O)OCC=C. The van der Waals surface area contributed by atoms with E-state index in [1.807, 2.05) is 0 Å². The third kappa shape index (κ3) is 5.10. The van der Waals surface area contributed by atoms with Crippen molar-refractivity contribution in [2.75, 3.05) is 13.2 Å². The molecule has 17 heavy (non-hydrogen) atoms. The molecule has 0 heterocycles. The zero-order valence-electron chi connectivity index (χ0n) is 9.81. The summed E-state index contributed by atoms with van der Waals surface area (Å²) in [7, 11) is 0. The molecule has 1 unspecified atom stereocenters. The van der Waals surface area contributed by atoms with Crippen molar-refractivity contribution < 1.29 is 23.9 Å². The summed E-state index contributed by atoms with van der Waals surface area (Å²) in [6.07, 6.45) is 2.89. The number of hydrogen-bond acceptors (Lipinski definition) is 5. The third-order valence-corrected chi connectivity index (χ3v) is 1.89. The van der Waals surface area contributed by atoms with Gasteiger partial charge in [0.05, 0.1) is 0 Å². The molecule has 1 atom stereocenters. The van der Waals surface area contributed by atoms with Crippen molar-refractivity contribution >= 4 is 17.7 Å². The standard InChI is InChI=1S/C12H16O5/c1-4-7-16-11(14)9(6-3)10(13)12(15)17-8-5-2/h4-5,9H,1-2,6-8H2,3H3. The second-order valence-corrected chi connectivity index (χ2v) is 3.13. The first-order chi connectivity index (χ1) is 8.08. The topological polar surface area (TPSA) is 69.7 Å². The van der Waals surface area contributed by atoms with Crippen molar-refractivity contribution in [1.82, 2.24) is 0 Å². The first-order valence-corrected chi connectivity index (χ1v) is 5.17. The molecule has 0 saturated carbocycles. The average Bonchev–Trinajstić information content (AvgIpc) is 2.33. The fourth-order valence-corrected chi connectivity index (χ4v) is 1.05. The van der Waals surface area contributed by atoms with Crippen LogP contribution in [0.25, 0.3) is 0 Å². The Morgan fingerprint density at radius 1 is 1.12 bits per heavy atom. The summed E-state index contributed by atoms with van der Waals surface area (Å²) < 4.78 is 9.27. The molecule has 0 fully saturated rings. The van der Waals surface area contributed by atoms with Crippen molar-refractivity contribution in [2.45, 2.75) is 13.3 Å². The molecule has 0 bridgehead atoms. The summed E-state index contributed by atoms with van der Waals surface area (Å²) in [5.74, 6) is -3.81. The van der Waals surface area contributed by atoms with E-state index < -0.39 is 23.6 Å². The van der Waals surface area contributed by atoms with Crippen LogP contribution in [0, 0.1) is 5.92 Å². The van der Waals surface area contributed by atoms with Crippen LogP contribution < -0.4 is 0 Å². The Labute approximate surface area is 100 Å². The zero-order chi connectivity index (χ0) is 13.3. The fourth-order valence-electron chi connectivity index (χ4n) is 1.05. The van der Waals surface area contributed by atoms with Crippen LogP contribution >= 0.6 is 0 Å². The highest BCUT2D eigenvalue weighted by Crippen LogP contribution is 2.08.